The molecule has 3 heteroatoms. The monoisotopic (exact) mass is 275 g/mol. The van der Waals surface area contributed by atoms with Crippen LogP contribution in [0.5, 0.6) is 5.75 Å². The van der Waals surface area contributed by atoms with Gasteiger partial charge in [-0.05, 0) is 28.8 Å². The smallest absolute Gasteiger partial charge is 0.118 e. The number of hydrogen-bond donors (Lipinski definition) is 1. The van der Waals surface area contributed by atoms with Gasteiger partial charge in [-0.3, -0.25) is 0 Å². The van der Waals surface area contributed by atoms with Gasteiger partial charge in [-0.25, -0.2) is 0 Å². The summed E-state index contributed by atoms with van der Waals surface area (Å²) in [6.45, 7) is 1.69. The Hall–Kier alpha value is -1.51. The molecule has 0 radical (unpaired) electrons. The molecule has 0 saturated carbocycles. The van der Waals surface area contributed by atoms with Gasteiger partial charge in [-0.2, -0.15) is 0 Å². The summed E-state index contributed by atoms with van der Waals surface area (Å²) >= 11 is 5.83. The molecule has 0 amide bonds. The summed E-state index contributed by atoms with van der Waals surface area (Å²) < 4.78 is 5.14. The van der Waals surface area contributed by atoms with Crippen LogP contribution in [0.25, 0.3) is 0 Å². The summed E-state index contributed by atoms with van der Waals surface area (Å²) in [5, 5.41) is 3.42. The van der Waals surface area contributed by atoms with E-state index in [-0.39, 0.29) is 0 Å². The molecule has 0 spiro atoms. The van der Waals surface area contributed by atoms with Crippen molar-refractivity contribution in [2.24, 2.45) is 0 Å². The molecular weight excluding hydrogens is 258 g/mol. The molecule has 0 saturated heterocycles. The number of halogens is 1. The maximum Gasteiger partial charge on any atom is 0.118 e. The minimum absolute atomic E-state index is 0.562. The highest BCUT2D eigenvalue weighted by Gasteiger charge is 1.97. The van der Waals surface area contributed by atoms with Crippen molar-refractivity contribution in [2.45, 2.75) is 19.0 Å². The largest absolute Gasteiger partial charge is 0.497 e. The number of nitrogens with one attached hydrogen (secondary N) is 1. The van der Waals surface area contributed by atoms with E-state index in [4.69, 9.17) is 16.3 Å². The fourth-order valence-corrected chi connectivity index (χ4v) is 2.08. The molecule has 1 N–H and O–H groups in total. The van der Waals surface area contributed by atoms with Gasteiger partial charge in [-0.1, -0.05) is 36.4 Å². The summed E-state index contributed by atoms with van der Waals surface area (Å²) in [7, 11) is 1.68. The highest BCUT2D eigenvalue weighted by Crippen LogP contribution is 2.11. The molecule has 0 heterocycles. The molecule has 2 aromatic rings. The summed E-state index contributed by atoms with van der Waals surface area (Å²) in [5.41, 5.74) is 3.66. The number of ether oxygens (including phenoxy) is 1. The van der Waals surface area contributed by atoms with Gasteiger partial charge in [0, 0.05) is 19.0 Å². The minimum Gasteiger partial charge on any atom is -0.497 e. The Balaban J connectivity index is 1.85. The second-order valence-electron chi connectivity index (χ2n) is 4.41. The number of rotatable bonds is 6. The van der Waals surface area contributed by atoms with Crippen LogP contribution in [0.3, 0.4) is 0 Å². The first-order chi connectivity index (χ1) is 9.31. The Morgan fingerprint density at radius 2 is 1.63 bits per heavy atom. The number of alkyl halides is 1. The van der Waals surface area contributed by atoms with Crippen molar-refractivity contribution >= 4 is 11.6 Å². The van der Waals surface area contributed by atoms with Crippen molar-refractivity contribution in [3.63, 3.8) is 0 Å². The summed E-state index contributed by atoms with van der Waals surface area (Å²) in [6.07, 6.45) is 0. The van der Waals surface area contributed by atoms with Crippen LogP contribution < -0.4 is 10.1 Å². The van der Waals surface area contributed by atoms with Crippen LogP contribution in [0, 0.1) is 0 Å². The maximum absolute atomic E-state index is 5.83. The fourth-order valence-electron chi connectivity index (χ4n) is 1.92. The van der Waals surface area contributed by atoms with Crippen molar-refractivity contribution in [3.8, 4) is 5.75 Å². The van der Waals surface area contributed by atoms with Crippen LogP contribution in [0.4, 0.5) is 0 Å². The van der Waals surface area contributed by atoms with Gasteiger partial charge in [0.2, 0.25) is 0 Å². The van der Waals surface area contributed by atoms with E-state index >= 15 is 0 Å². The fraction of sp³-hybridized carbons (Fsp3) is 0.250. The highest BCUT2D eigenvalue weighted by molar-refractivity contribution is 6.17. The lowest BCUT2D eigenvalue weighted by molar-refractivity contribution is 0.414. The van der Waals surface area contributed by atoms with Gasteiger partial charge in [-0.15, -0.1) is 11.6 Å². The van der Waals surface area contributed by atoms with Crippen molar-refractivity contribution in [1.29, 1.82) is 0 Å². The van der Waals surface area contributed by atoms with Crippen LogP contribution >= 0.6 is 11.6 Å². The van der Waals surface area contributed by atoms with Crippen LogP contribution in [0.15, 0.2) is 48.5 Å². The molecule has 0 aliphatic carbocycles. The zero-order valence-electron chi connectivity index (χ0n) is 11.0. The quantitative estimate of drug-likeness (QED) is 0.811. The van der Waals surface area contributed by atoms with Crippen LogP contribution in [-0.4, -0.2) is 7.11 Å². The molecule has 0 atom stereocenters. The molecule has 2 nitrogen and oxygen atoms in total. The van der Waals surface area contributed by atoms with E-state index in [0.29, 0.717) is 5.88 Å². The number of hydrogen-bond acceptors (Lipinski definition) is 2. The van der Waals surface area contributed by atoms with E-state index < -0.39 is 0 Å². The number of methoxy groups -OCH3 is 1. The van der Waals surface area contributed by atoms with Gasteiger partial charge in [0.25, 0.3) is 0 Å². The van der Waals surface area contributed by atoms with Gasteiger partial charge in [0.1, 0.15) is 5.75 Å². The third kappa shape index (κ3) is 4.27. The Labute approximate surface area is 119 Å². The van der Waals surface area contributed by atoms with Crippen molar-refractivity contribution in [1.82, 2.24) is 5.32 Å². The first-order valence-electron chi connectivity index (χ1n) is 6.29. The van der Waals surface area contributed by atoms with Crippen LogP contribution in [0.2, 0.25) is 0 Å². The SMILES string of the molecule is COc1ccc(CNCc2cccc(CCl)c2)cc1. The van der Waals surface area contributed by atoms with E-state index in [1.54, 1.807) is 7.11 Å². The Bertz CT molecular complexity index is 510. The molecule has 0 aromatic heterocycles. The van der Waals surface area contributed by atoms with Gasteiger partial charge >= 0.3 is 0 Å². The molecule has 2 aromatic carbocycles. The maximum atomic E-state index is 5.83. The molecule has 0 bridgehead atoms. The van der Waals surface area contributed by atoms with Crippen molar-refractivity contribution in [3.05, 3.63) is 65.2 Å². The lowest BCUT2D eigenvalue weighted by Gasteiger charge is -2.07. The van der Waals surface area contributed by atoms with E-state index in [9.17, 15) is 0 Å². The Morgan fingerprint density at radius 1 is 0.947 bits per heavy atom. The highest BCUT2D eigenvalue weighted by atomic mass is 35.5. The molecular formula is C16H18ClNO. The van der Waals surface area contributed by atoms with E-state index in [1.165, 1.54) is 11.1 Å². The first kappa shape index (κ1) is 13.9. The molecule has 0 aliphatic heterocycles. The van der Waals surface area contributed by atoms with Gasteiger partial charge in [0.05, 0.1) is 7.11 Å². The second kappa shape index (κ2) is 7.17. The van der Waals surface area contributed by atoms with E-state index in [1.807, 2.05) is 24.3 Å². The second-order valence-corrected chi connectivity index (χ2v) is 4.67. The van der Waals surface area contributed by atoms with Crippen molar-refractivity contribution in [2.75, 3.05) is 7.11 Å². The third-order valence-corrected chi connectivity index (χ3v) is 3.27. The lowest BCUT2D eigenvalue weighted by Crippen LogP contribution is -2.12. The third-order valence-electron chi connectivity index (χ3n) is 2.96. The topological polar surface area (TPSA) is 21.3 Å². The molecule has 0 unspecified atom stereocenters. The minimum atomic E-state index is 0.562. The zero-order chi connectivity index (χ0) is 13.5. The molecule has 100 valence electrons. The van der Waals surface area contributed by atoms with Crippen LogP contribution in [0.1, 0.15) is 16.7 Å². The summed E-state index contributed by atoms with van der Waals surface area (Å²) in [4.78, 5) is 0. The standard InChI is InChI=1S/C16H18ClNO/c1-19-16-7-5-13(6-8-16)11-18-12-15-4-2-3-14(9-15)10-17/h2-9,18H,10-12H2,1H3. The van der Waals surface area contributed by atoms with Gasteiger partial charge in [0.15, 0.2) is 0 Å². The lowest BCUT2D eigenvalue weighted by atomic mass is 10.1. The zero-order valence-corrected chi connectivity index (χ0v) is 11.8. The van der Waals surface area contributed by atoms with E-state index in [2.05, 4.69) is 29.6 Å². The normalized spacial score (nSPS) is 10.4. The van der Waals surface area contributed by atoms with Crippen molar-refractivity contribution < 1.29 is 4.74 Å². The Kier molecular flexibility index (Phi) is 5.25. The first-order valence-corrected chi connectivity index (χ1v) is 6.82. The molecule has 2 rings (SSSR count). The average Bonchev–Trinajstić information content (AvgIpc) is 2.48. The molecule has 0 fully saturated rings. The number of benzene rings is 2. The molecule has 0 aliphatic rings. The van der Waals surface area contributed by atoms with Gasteiger partial charge < -0.3 is 10.1 Å². The summed E-state index contributed by atoms with van der Waals surface area (Å²) in [5.74, 6) is 1.45. The predicted molar refractivity (Wildman–Crippen MR) is 79.5 cm³/mol. The average molecular weight is 276 g/mol. The van der Waals surface area contributed by atoms with Crippen LogP contribution in [-0.2, 0) is 19.0 Å². The predicted octanol–water partition coefficient (Wildman–Crippen LogP) is 3.72. The molecule has 19 heavy (non-hydrogen) atoms. The van der Waals surface area contributed by atoms with E-state index in [0.717, 1.165) is 24.4 Å². The Morgan fingerprint density at radius 3 is 2.32 bits per heavy atom. The summed E-state index contributed by atoms with van der Waals surface area (Å²) in [6, 6.07) is 16.4.